The van der Waals surface area contributed by atoms with Crippen LogP contribution in [-0.2, 0) is 11.2 Å². The predicted octanol–water partition coefficient (Wildman–Crippen LogP) is 1.37. The fraction of sp³-hybridized carbons (Fsp3) is 0.588. The first-order chi connectivity index (χ1) is 10.1. The molecule has 2 rings (SSSR count). The Hall–Kier alpha value is -1.39. The lowest BCUT2D eigenvalue weighted by atomic mass is 10.0. The first kappa shape index (κ1) is 16.0. The summed E-state index contributed by atoms with van der Waals surface area (Å²) in [5.74, 6) is 0.212. The van der Waals surface area contributed by atoms with E-state index in [0.29, 0.717) is 13.0 Å². The van der Waals surface area contributed by atoms with Crippen molar-refractivity contribution in [2.45, 2.75) is 26.7 Å². The van der Waals surface area contributed by atoms with Crippen molar-refractivity contribution in [2.24, 2.45) is 0 Å². The quantitative estimate of drug-likeness (QED) is 0.911. The van der Waals surface area contributed by atoms with Crippen LogP contribution in [-0.4, -0.2) is 60.1 Å². The van der Waals surface area contributed by atoms with Crippen LogP contribution in [0.2, 0.25) is 0 Å². The molecule has 0 aliphatic carbocycles. The van der Waals surface area contributed by atoms with Crippen molar-refractivity contribution in [3.63, 3.8) is 0 Å². The van der Waals surface area contributed by atoms with Gasteiger partial charge >= 0.3 is 0 Å². The lowest BCUT2D eigenvalue weighted by molar-refractivity contribution is -0.130. The molecule has 1 amide bonds. The van der Waals surface area contributed by atoms with E-state index in [2.05, 4.69) is 36.9 Å². The molecule has 0 spiro atoms. The monoisotopic (exact) mass is 290 g/mol. The van der Waals surface area contributed by atoms with Crippen LogP contribution in [0, 0.1) is 13.8 Å². The minimum absolute atomic E-state index is 0.191. The highest BCUT2D eigenvalue weighted by Crippen LogP contribution is 2.12. The van der Waals surface area contributed by atoms with Crippen molar-refractivity contribution >= 4 is 5.91 Å². The second-order valence-corrected chi connectivity index (χ2v) is 5.89. The molecule has 4 nitrogen and oxygen atoms in total. The molecule has 0 saturated carbocycles. The van der Waals surface area contributed by atoms with Gasteiger partial charge < -0.3 is 10.0 Å². The van der Waals surface area contributed by atoms with Gasteiger partial charge in [-0.25, -0.2) is 0 Å². The standard InChI is InChI=1S/C17H26N2O2/c1-14-4-5-16(12-15(14)2)13-17(21)19-7-3-6-18(8-9-19)10-11-20/h4-5,12,20H,3,6-11,13H2,1-2H3. The second-order valence-electron chi connectivity index (χ2n) is 5.89. The molecule has 1 fully saturated rings. The Labute approximate surface area is 127 Å². The van der Waals surface area contributed by atoms with Crippen LogP contribution in [0.1, 0.15) is 23.1 Å². The SMILES string of the molecule is Cc1ccc(CC(=O)N2CCCN(CCO)CC2)cc1C. The maximum atomic E-state index is 12.4. The van der Waals surface area contributed by atoms with Crippen molar-refractivity contribution in [3.05, 3.63) is 34.9 Å². The summed E-state index contributed by atoms with van der Waals surface area (Å²) in [5, 5.41) is 9.01. The minimum atomic E-state index is 0.191. The number of rotatable bonds is 4. The highest BCUT2D eigenvalue weighted by molar-refractivity contribution is 5.78. The summed E-state index contributed by atoms with van der Waals surface area (Å²) in [6.07, 6.45) is 1.47. The lowest BCUT2D eigenvalue weighted by Crippen LogP contribution is -2.36. The first-order valence-corrected chi connectivity index (χ1v) is 7.77. The summed E-state index contributed by atoms with van der Waals surface area (Å²) < 4.78 is 0. The van der Waals surface area contributed by atoms with Gasteiger partial charge in [0.25, 0.3) is 0 Å². The Morgan fingerprint density at radius 1 is 1.14 bits per heavy atom. The van der Waals surface area contributed by atoms with Gasteiger partial charge in [0.15, 0.2) is 0 Å². The minimum Gasteiger partial charge on any atom is -0.395 e. The van der Waals surface area contributed by atoms with E-state index in [1.54, 1.807) is 0 Å². The maximum Gasteiger partial charge on any atom is 0.227 e. The van der Waals surface area contributed by atoms with E-state index >= 15 is 0 Å². The van der Waals surface area contributed by atoms with Crippen molar-refractivity contribution in [1.29, 1.82) is 0 Å². The molecule has 1 aromatic carbocycles. The summed E-state index contributed by atoms with van der Waals surface area (Å²) in [7, 11) is 0. The van der Waals surface area contributed by atoms with E-state index in [0.717, 1.165) is 38.2 Å². The third-order valence-corrected chi connectivity index (χ3v) is 4.28. The number of aliphatic hydroxyl groups is 1. The number of nitrogens with zero attached hydrogens (tertiary/aromatic N) is 2. The first-order valence-electron chi connectivity index (χ1n) is 7.77. The number of benzene rings is 1. The Morgan fingerprint density at radius 3 is 2.67 bits per heavy atom. The van der Waals surface area contributed by atoms with E-state index < -0.39 is 0 Å². The summed E-state index contributed by atoms with van der Waals surface area (Å²) >= 11 is 0. The molecule has 0 unspecified atom stereocenters. The van der Waals surface area contributed by atoms with E-state index in [1.165, 1.54) is 11.1 Å². The largest absolute Gasteiger partial charge is 0.395 e. The molecular weight excluding hydrogens is 264 g/mol. The van der Waals surface area contributed by atoms with E-state index in [-0.39, 0.29) is 12.5 Å². The zero-order chi connectivity index (χ0) is 15.2. The maximum absolute atomic E-state index is 12.4. The van der Waals surface area contributed by atoms with E-state index in [1.807, 2.05) is 4.90 Å². The molecule has 0 atom stereocenters. The van der Waals surface area contributed by atoms with Gasteiger partial charge in [-0.1, -0.05) is 18.2 Å². The summed E-state index contributed by atoms with van der Waals surface area (Å²) in [6, 6.07) is 6.25. The highest BCUT2D eigenvalue weighted by atomic mass is 16.3. The fourth-order valence-electron chi connectivity index (χ4n) is 2.79. The average molecular weight is 290 g/mol. The molecule has 1 aliphatic heterocycles. The van der Waals surface area contributed by atoms with Gasteiger partial charge in [0, 0.05) is 26.2 Å². The van der Waals surface area contributed by atoms with Crippen molar-refractivity contribution in [2.75, 3.05) is 39.3 Å². The molecule has 0 aromatic heterocycles. The molecule has 0 bridgehead atoms. The molecular formula is C17H26N2O2. The number of carbonyl (C=O) groups is 1. The molecule has 0 radical (unpaired) electrons. The summed E-state index contributed by atoms with van der Waals surface area (Å²) in [5.41, 5.74) is 3.60. The van der Waals surface area contributed by atoms with Crippen LogP contribution in [0.3, 0.4) is 0 Å². The molecule has 1 aliphatic rings. The average Bonchev–Trinajstić information content (AvgIpc) is 2.69. The Balaban J connectivity index is 1.92. The molecule has 1 heterocycles. The van der Waals surface area contributed by atoms with Gasteiger partial charge in [-0.05, 0) is 43.5 Å². The van der Waals surface area contributed by atoms with Crippen LogP contribution < -0.4 is 0 Å². The summed E-state index contributed by atoms with van der Waals surface area (Å²) in [6.45, 7) is 8.49. The number of hydrogen-bond acceptors (Lipinski definition) is 3. The third-order valence-electron chi connectivity index (χ3n) is 4.28. The molecule has 1 aromatic rings. The van der Waals surface area contributed by atoms with Crippen LogP contribution in [0.5, 0.6) is 0 Å². The predicted molar refractivity (Wildman–Crippen MR) is 84.3 cm³/mol. The second kappa shape index (κ2) is 7.57. The van der Waals surface area contributed by atoms with Gasteiger partial charge in [-0.15, -0.1) is 0 Å². The van der Waals surface area contributed by atoms with Gasteiger partial charge in [-0.2, -0.15) is 0 Å². The molecule has 4 heteroatoms. The normalized spacial score (nSPS) is 16.8. The Kier molecular flexibility index (Phi) is 5.76. The van der Waals surface area contributed by atoms with E-state index in [9.17, 15) is 4.79 Å². The number of β-amino-alcohol motifs (C(OH)–C–C–N with tert-alkyl or cyclic N) is 1. The summed E-state index contributed by atoms with van der Waals surface area (Å²) in [4.78, 5) is 16.6. The highest BCUT2D eigenvalue weighted by Gasteiger charge is 2.19. The van der Waals surface area contributed by atoms with Crippen LogP contribution in [0.15, 0.2) is 18.2 Å². The number of carbonyl (C=O) groups excluding carboxylic acids is 1. The van der Waals surface area contributed by atoms with Crippen LogP contribution >= 0.6 is 0 Å². The smallest absolute Gasteiger partial charge is 0.227 e. The number of amides is 1. The molecule has 1 N–H and O–H groups in total. The van der Waals surface area contributed by atoms with Crippen LogP contribution in [0.4, 0.5) is 0 Å². The van der Waals surface area contributed by atoms with Gasteiger partial charge in [-0.3, -0.25) is 9.69 Å². The fourth-order valence-corrected chi connectivity index (χ4v) is 2.79. The zero-order valence-corrected chi connectivity index (χ0v) is 13.1. The van der Waals surface area contributed by atoms with Gasteiger partial charge in [0.05, 0.1) is 13.0 Å². The Morgan fingerprint density at radius 2 is 1.95 bits per heavy atom. The van der Waals surface area contributed by atoms with Crippen molar-refractivity contribution in [1.82, 2.24) is 9.80 Å². The van der Waals surface area contributed by atoms with Crippen molar-refractivity contribution < 1.29 is 9.90 Å². The topological polar surface area (TPSA) is 43.8 Å². The van der Waals surface area contributed by atoms with Crippen LogP contribution in [0.25, 0.3) is 0 Å². The van der Waals surface area contributed by atoms with Gasteiger partial charge in [0.1, 0.15) is 0 Å². The molecule has 21 heavy (non-hydrogen) atoms. The zero-order valence-electron chi connectivity index (χ0n) is 13.1. The van der Waals surface area contributed by atoms with Gasteiger partial charge in [0.2, 0.25) is 5.91 Å². The van der Waals surface area contributed by atoms with E-state index in [4.69, 9.17) is 5.11 Å². The lowest BCUT2D eigenvalue weighted by Gasteiger charge is -2.21. The third kappa shape index (κ3) is 4.55. The molecule has 1 saturated heterocycles. The number of aryl methyl sites for hydroxylation is 2. The number of hydrogen-bond donors (Lipinski definition) is 1. The number of aliphatic hydroxyl groups excluding tert-OH is 1. The molecule has 116 valence electrons. The Bertz CT molecular complexity index is 488. The van der Waals surface area contributed by atoms with Crippen molar-refractivity contribution in [3.8, 4) is 0 Å².